The maximum absolute atomic E-state index is 10.6. The first-order chi connectivity index (χ1) is 10.0. The van der Waals surface area contributed by atoms with Crippen molar-refractivity contribution in [3.63, 3.8) is 0 Å². The average Bonchev–Trinajstić information content (AvgIpc) is 2.42. The van der Waals surface area contributed by atoms with E-state index in [2.05, 4.69) is 22.2 Å². The van der Waals surface area contributed by atoms with Crippen LogP contribution in [0.15, 0.2) is 12.4 Å². The van der Waals surface area contributed by atoms with Crippen molar-refractivity contribution < 1.29 is 14.6 Å². The summed E-state index contributed by atoms with van der Waals surface area (Å²) in [6.07, 6.45) is 6.16. The van der Waals surface area contributed by atoms with Gasteiger partial charge in [-0.15, -0.1) is 0 Å². The third-order valence-electron chi connectivity index (χ3n) is 3.17. The fourth-order valence-electron chi connectivity index (χ4n) is 2.02. The molecule has 0 amide bonds. The average molecular weight is 295 g/mol. The largest absolute Gasteiger partial charge is 0.481 e. The van der Waals surface area contributed by atoms with Gasteiger partial charge in [0.1, 0.15) is 5.82 Å². The number of hydrogen-bond acceptors (Lipinski definition) is 5. The van der Waals surface area contributed by atoms with Gasteiger partial charge in [0.2, 0.25) is 5.88 Å². The van der Waals surface area contributed by atoms with Gasteiger partial charge in [0, 0.05) is 13.0 Å². The maximum atomic E-state index is 10.6. The van der Waals surface area contributed by atoms with Crippen LogP contribution in [0.4, 0.5) is 5.82 Å². The second-order valence-corrected chi connectivity index (χ2v) is 5.33. The highest BCUT2D eigenvalue weighted by Crippen LogP contribution is 2.16. The molecule has 2 N–H and O–H groups in total. The molecule has 0 saturated heterocycles. The number of hydrogen-bond donors (Lipinski definition) is 2. The number of aliphatic carboxylic acids is 1. The third kappa shape index (κ3) is 7.48. The minimum atomic E-state index is -0.731. The lowest BCUT2D eigenvalue weighted by atomic mass is 9.97. The van der Waals surface area contributed by atoms with Gasteiger partial charge in [0.15, 0.2) is 0 Å². The van der Waals surface area contributed by atoms with Crippen LogP contribution >= 0.6 is 0 Å². The Hall–Kier alpha value is -1.85. The van der Waals surface area contributed by atoms with Crippen LogP contribution in [0.3, 0.4) is 0 Å². The van der Waals surface area contributed by atoms with Crippen LogP contribution in [0.2, 0.25) is 0 Å². The molecule has 1 aromatic heterocycles. The molecule has 0 aliphatic heterocycles. The summed E-state index contributed by atoms with van der Waals surface area (Å²) in [6.45, 7) is 6.72. The summed E-state index contributed by atoms with van der Waals surface area (Å²) in [5, 5.41) is 11.9. The van der Waals surface area contributed by atoms with Gasteiger partial charge in [-0.2, -0.15) is 4.98 Å². The molecule has 0 spiro atoms. The van der Waals surface area contributed by atoms with Gasteiger partial charge in [-0.3, -0.25) is 9.78 Å². The van der Waals surface area contributed by atoms with Crippen molar-refractivity contribution in [2.75, 3.05) is 11.9 Å². The highest BCUT2D eigenvalue weighted by Gasteiger charge is 2.09. The highest BCUT2D eigenvalue weighted by atomic mass is 16.5. The number of carboxylic acids is 1. The van der Waals surface area contributed by atoms with Gasteiger partial charge in [0.25, 0.3) is 0 Å². The normalized spacial score (nSPS) is 12.2. The third-order valence-corrected chi connectivity index (χ3v) is 3.17. The number of nitrogens with zero attached hydrogens (tertiary/aromatic N) is 2. The van der Waals surface area contributed by atoms with Crippen molar-refractivity contribution in [1.82, 2.24) is 9.97 Å². The van der Waals surface area contributed by atoms with Gasteiger partial charge in [0.05, 0.1) is 18.5 Å². The molecule has 1 heterocycles. The summed E-state index contributed by atoms with van der Waals surface area (Å²) < 4.78 is 5.49. The summed E-state index contributed by atoms with van der Waals surface area (Å²) in [6, 6.07) is 0. The summed E-state index contributed by atoms with van der Waals surface area (Å²) in [5.74, 6) is 0.872. The Balaban J connectivity index is 2.38. The van der Waals surface area contributed by atoms with Crippen LogP contribution in [0.1, 0.15) is 46.5 Å². The zero-order valence-electron chi connectivity index (χ0n) is 13.0. The Morgan fingerprint density at radius 2 is 2.14 bits per heavy atom. The molecule has 0 bridgehead atoms. The summed E-state index contributed by atoms with van der Waals surface area (Å²) in [4.78, 5) is 19.0. The molecule has 1 rings (SSSR count). The van der Waals surface area contributed by atoms with E-state index in [4.69, 9.17) is 9.84 Å². The van der Waals surface area contributed by atoms with Gasteiger partial charge < -0.3 is 15.2 Å². The van der Waals surface area contributed by atoms with E-state index < -0.39 is 5.97 Å². The van der Waals surface area contributed by atoms with E-state index in [1.165, 1.54) is 0 Å². The Morgan fingerprint density at radius 3 is 2.76 bits per heavy atom. The zero-order chi connectivity index (χ0) is 15.7. The first kappa shape index (κ1) is 17.2. The molecule has 1 atom stereocenters. The first-order valence-corrected chi connectivity index (χ1v) is 7.45. The van der Waals surface area contributed by atoms with Gasteiger partial charge in [-0.05, 0) is 32.6 Å². The lowest BCUT2D eigenvalue weighted by Gasteiger charge is -2.14. The Labute approximate surface area is 126 Å². The second-order valence-electron chi connectivity index (χ2n) is 5.33. The molecular formula is C15H25N3O3. The van der Waals surface area contributed by atoms with E-state index in [1.807, 2.05) is 13.8 Å². The van der Waals surface area contributed by atoms with Gasteiger partial charge >= 0.3 is 5.97 Å². The molecule has 6 heteroatoms. The Bertz CT molecular complexity index is 438. The van der Waals surface area contributed by atoms with E-state index >= 15 is 0 Å². The predicted molar refractivity (Wildman–Crippen MR) is 81.6 cm³/mol. The van der Waals surface area contributed by atoms with Crippen molar-refractivity contribution in [2.24, 2.45) is 5.92 Å². The van der Waals surface area contributed by atoms with Gasteiger partial charge in [-0.1, -0.05) is 13.3 Å². The molecule has 0 fully saturated rings. The van der Waals surface area contributed by atoms with Crippen molar-refractivity contribution in [1.29, 1.82) is 0 Å². The highest BCUT2D eigenvalue weighted by molar-refractivity contribution is 5.66. The first-order valence-electron chi connectivity index (χ1n) is 7.45. The number of rotatable bonds is 10. The van der Waals surface area contributed by atoms with E-state index in [1.54, 1.807) is 12.4 Å². The smallest absolute Gasteiger partial charge is 0.303 e. The Morgan fingerprint density at radius 1 is 1.38 bits per heavy atom. The predicted octanol–water partition coefficient (Wildman–Crippen LogP) is 2.96. The molecule has 118 valence electrons. The van der Waals surface area contributed by atoms with Crippen LogP contribution in [0, 0.1) is 5.92 Å². The number of aromatic nitrogens is 2. The number of anilines is 1. The molecule has 0 saturated carbocycles. The van der Waals surface area contributed by atoms with Crippen molar-refractivity contribution in [3.8, 4) is 5.88 Å². The molecule has 1 unspecified atom stereocenters. The number of nitrogens with one attached hydrogen (secondary N) is 1. The zero-order valence-corrected chi connectivity index (χ0v) is 13.0. The summed E-state index contributed by atoms with van der Waals surface area (Å²) >= 11 is 0. The minimum absolute atomic E-state index is 0.0649. The lowest BCUT2D eigenvalue weighted by molar-refractivity contribution is -0.137. The van der Waals surface area contributed by atoms with E-state index in [9.17, 15) is 4.79 Å². The van der Waals surface area contributed by atoms with Crippen LogP contribution in [-0.2, 0) is 4.79 Å². The summed E-state index contributed by atoms with van der Waals surface area (Å²) in [5.41, 5.74) is 0. The molecule has 0 aliphatic rings. The molecular weight excluding hydrogens is 270 g/mol. The molecule has 1 aromatic rings. The number of carboxylic acid groups (broad SMARTS) is 1. The molecule has 6 nitrogen and oxygen atoms in total. The van der Waals surface area contributed by atoms with E-state index in [-0.39, 0.29) is 12.5 Å². The van der Waals surface area contributed by atoms with Crippen molar-refractivity contribution >= 4 is 11.8 Å². The molecule has 0 radical (unpaired) electrons. The standard InChI is InChI=1S/C15H25N3O3/c1-4-12(5-6-15(19)20)7-8-17-13-9-16-10-14(18-13)21-11(2)3/h9-12H,4-8H2,1-3H3,(H,17,18)(H,19,20). The fraction of sp³-hybridized carbons (Fsp3) is 0.667. The molecule has 0 aromatic carbocycles. The quantitative estimate of drug-likeness (QED) is 0.690. The second kappa shape index (κ2) is 9.15. The van der Waals surface area contributed by atoms with Crippen molar-refractivity contribution in [3.05, 3.63) is 12.4 Å². The topological polar surface area (TPSA) is 84.3 Å². The molecule has 21 heavy (non-hydrogen) atoms. The van der Waals surface area contributed by atoms with Crippen LogP contribution in [0.25, 0.3) is 0 Å². The van der Waals surface area contributed by atoms with Crippen molar-refractivity contribution in [2.45, 2.75) is 52.6 Å². The molecule has 0 aliphatic carbocycles. The van der Waals surface area contributed by atoms with Gasteiger partial charge in [-0.25, -0.2) is 0 Å². The maximum Gasteiger partial charge on any atom is 0.303 e. The van der Waals surface area contributed by atoms with Crippen LogP contribution < -0.4 is 10.1 Å². The van der Waals surface area contributed by atoms with Crippen LogP contribution in [-0.4, -0.2) is 33.7 Å². The van der Waals surface area contributed by atoms with E-state index in [0.717, 1.165) is 25.8 Å². The Kier molecular flexibility index (Phi) is 7.50. The number of ether oxygens (including phenoxy) is 1. The SMILES string of the molecule is CCC(CCNc1cncc(OC(C)C)n1)CCC(=O)O. The minimum Gasteiger partial charge on any atom is -0.481 e. The summed E-state index contributed by atoms with van der Waals surface area (Å²) in [7, 11) is 0. The number of carbonyl (C=O) groups is 1. The monoisotopic (exact) mass is 295 g/mol. The lowest BCUT2D eigenvalue weighted by Crippen LogP contribution is -2.12. The fourth-order valence-corrected chi connectivity index (χ4v) is 2.02. The van der Waals surface area contributed by atoms with Crippen LogP contribution in [0.5, 0.6) is 5.88 Å². The van der Waals surface area contributed by atoms with E-state index in [0.29, 0.717) is 17.6 Å².